The van der Waals surface area contributed by atoms with Crippen molar-refractivity contribution in [2.75, 3.05) is 50.3 Å². The van der Waals surface area contributed by atoms with Gasteiger partial charge in [-0.2, -0.15) is 4.31 Å². The zero-order valence-corrected chi connectivity index (χ0v) is 25.0. The number of nitrogens with zero attached hydrogens (tertiary/aromatic N) is 2. The number of rotatable bonds is 11. The molecule has 0 saturated carbocycles. The number of ether oxygens (including phenoxy) is 2. The van der Waals surface area contributed by atoms with Gasteiger partial charge in [-0.15, -0.1) is 0 Å². The van der Waals surface area contributed by atoms with E-state index in [1.54, 1.807) is 36.4 Å². The number of hydrogen-bond acceptors (Lipinski definition) is 7. The Morgan fingerprint density at radius 1 is 0.854 bits per heavy atom. The molecule has 41 heavy (non-hydrogen) atoms. The lowest BCUT2D eigenvalue weighted by atomic mass is 10.1. The quantitative estimate of drug-likeness (QED) is 0.335. The minimum absolute atomic E-state index is 0.0949. The Hall–Kier alpha value is -3.45. The molecule has 1 amide bonds. The summed E-state index contributed by atoms with van der Waals surface area (Å²) in [7, 11) is -7.62. The van der Waals surface area contributed by atoms with Crippen LogP contribution in [0.1, 0.15) is 16.7 Å². The van der Waals surface area contributed by atoms with Gasteiger partial charge in [0.2, 0.25) is 15.9 Å². The molecule has 10 nitrogen and oxygen atoms in total. The van der Waals surface area contributed by atoms with Crippen LogP contribution in [0, 0.1) is 20.8 Å². The Bertz CT molecular complexity index is 1550. The zero-order chi connectivity index (χ0) is 29.6. The Balaban J connectivity index is 1.37. The summed E-state index contributed by atoms with van der Waals surface area (Å²) < 4.78 is 66.1. The molecule has 3 aromatic carbocycles. The van der Waals surface area contributed by atoms with E-state index >= 15 is 0 Å². The molecule has 0 spiro atoms. The van der Waals surface area contributed by atoms with E-state index in [-0.39, 0.29) is 22.9 Å². The second kappa shape index (κ2) is 13.0. The summed E-state index contributed by atoms with van der Waals surface area (Å²) in [5.74, 6) is -0.0469. The van der Waals surface area contributed by atoms with E-state index in [9.17, 15) is 21.6 Å². The smallest absolute Gasteiger partial charge is 0.264 e. The van der Waals surface area contributed by atoms with Crippen LogP contribution in [0.4, 0.5) is 5.69 Å². The minimum Gasteiger partial charge on any atom is -0.492 e. The topological polar surface area (TPSA) is 122 Å². The lowest BCUT2D eigenvalue weighted by molar-refractivity contribution is -0.119. The third-order valence-electron chi connectivity index (χ3n) is 6.52. The lowest BCUT2D eigenvalue weighted by Crippen LogP contribution is -2.42. The Kier molecular flexibility index (Phi) is 9.69. The van der Waals surface area contributed by atoms with Gasteiger partial charge in [-0.25, -0.2) is 16.8 Å². The molecule has 0 bridgehead atoms. The second-order valence-corrected chi connectivity index (χ2v) is 13.7. The fraction of sp³-hybridized carbons (Fsp3) is 0.345. The van der Waals surface area contributed by atoms with E-state index in [0.29, 0.717) is 37.7 Å². The highest BCUT2D eigenvalue weighted by Gasteiger charge is 2.28. The van der Waals surface area contributed by atoms with Crippen molar-refractivity contribution in [3.63, 3.8) is 0 Å². The number of sulfonamides is 2. The van der Waals surface area contributed by atoms with Crippen LogP contribution in [0.3, 0.4) is 0 Å². The van der Waals surface area contributed by atoms with Gasteiger partial charge in [0.1, 0.15) is 18.9 Å². The summed E-state index contributed by atoms with van der Waals surface area (Å²) in [6, 6.07) is 18.0. The Labute approximate surface area is 242 Å². The van der Waals surface area contributed by atoms with Crippen LogP contribution in [0.15, 0.2) is 76.5 Å². The molecule has 0 aromatic heterocycles. The molecule has 1 aliphatic rings. The first-order chi connectivity index (χ1) is 19.5. The molecule has 0 radical (unpaired) electrons. The summed E-state index contributed by atoms with van der Waals surface area (Å²) >= 11 is 0. The van der Waals surface area contributed by atoms with Crippen molar-refractivity contribution < 1.29 is 31.1 Å². The highest BCUT2D eigenvalue weighted by Crippen LogP contribution is 2.26. The minimum atomic E-state index is -4.02. The third-order valence-corrected chi connectivity index (χ3v) is 10.2. The van der Waals surface area contributed by atoms with Gasteiger partial charge in [0.15, 0.2) is 0 Å². The lowest BCUT2D eigenvalue weighted by Gasteiger charge is -2.26. The molecular weight excluding hydrogens is 566 g/mol. The van der Waals surface area contributed by atoms with Crippen LogP contribution in [-0.4, -0.2) is 73.0 Å². The van der Waals surface area contributed by atoms with Gasteiger partial charge in [-0.05, 0) is 80.4 Å². The van der Waals surface area contributed by atoms with Crippen LogP contribution in [0.5, 0.6) is 5.75 Å². The maximum absolute atomic E-state index is 13.6. The average Bonchev–Trinajstić information content (AvgIpc) is 2.94. The molecule has 1 fully saturated rings. The summed E-state index contributed by atoms with van der Waals surface area (Å²) in [5.41, 5.74) is 3.08. The molecule has 3 aromatic rings. The predicted molar refractivity (Wildman–Crippen MR) is 156 cm³/mol. The third kappa shape index (κ3) is 7.64. The molecule has 1 N–H and O–H groups in total. The van der Waals surface area contributed by atoms with E-state index in [1.165, 1.54) is 28.6 Å². The van der Waals surface area contributed by atoms with Crippen LogP contribution in [0.25, 0.3) is 0 Å². The number of carbonyl (C=O) groups excluding carboxylic acids is 1. The predicted octanol–water partition coefficient (Wildman–Crippen LogP) is 3.02. The fourth-order valence-electron chi connectivity index (χ4n) is 4.44. The second-order valence-electron chi connectivity index (χ2n) is 9.86. The van der Waals surface area contributed by atoms with Crippen LogP contribution >= 0.6 is 0 Å². The van der Waals surface area contributed by atoms with Crippen molar-refractivity contribution in [2.45, 2.75) is 30.6 Å². The van der Waals surface area contributed by atoms with Crippen molar-refractivity contribution in [2.24, 2.45) is 0 Å². The molecule has 0 aliphatic carbocycles. The first kappa shape index (κ1) is 30.5. The molecule has 12 heteroatoms. The standard InChI is InChI=1S/C29H35N3O7S2/c1-22-4-8-28(9-5-22)41(36,37)32(25-19-23(2)18-24(3)20-25)21-29(33)30-12-15-39-26-6-10-27(11-7-26)40(34,35)31-13-16-38-17-14-31/h4-11,18-20H,12-17,21H2,1-3H3,(H,30,33). The fourth-order valence-corrected chi connectivity index (χ4v) is 7.25. The van der Waals surface area contributed by atoms with Crippen LogP contribution < -0.4 is 14.4 Å². The summed E-state index contributed by atoms with van der Waals surface area (Å²) in [5, 5.41) is 2.71. The van der Waals surface area contributed by atoms with Crippen molar-refractivity contribution in [3.8, 4) is 5.75 Å². The van der Waals surface area contributed by atoms with E-state index in [0.717, 1.165) is 21.0 Å². The average molecular weight is 602 g/mol. The summed E-state index contributed by atoms with van der Waals surface area (Å²) in [4.78, 5) is 13.2. The number of aryl methyl sites for hydroxylation is 3. The maximum atomic E-state index is 13.6. The molecular formula is C29H35N3O7S2. The van der Waals surface area contributed by atoms with Gasteiger partial charge in [-0.1, -0.05) is 23.8 Å². The Morgan fingerprint density at radius 3 is 2.05 bits per heavy atom. The number of amides is 1. The van der Waals surface area contributed by atoms with Gasteiger partial charge in [0, 0.05) is 13.1 Å². The number of anilines is 1. The number of nitrogens with one attached hydrogen (secondary N) is 1. The molecule has 0 atom stereocenters. The first-order valence-electron chi connectivity index (χ1n) is 13.2. The summed E-state index contributed by atoms with van der Waals surface area (Å²) in [6.45, 7) is 6.79. The number of hydrogen-bond donors (Lipinski definition) is 1. The highest BCUT2D eigenvalue weighted by molar-refractivity contribution is 7.92. The number of benzene rings is 3. The van der Waals surface area contributed by atoms with Crippen LogP contribution in [0.2, 0.25) is 0 Å². The van der Waals surface area contributed by atoms with E-state index in [4.69, 9.17) is 9.47 Å². The SMILES string of the molecule is Cc1ccc(S(=O)(=O)N(CC(=O)NCCOc2ccc(S(=O)(=O)N3CCOCC3)cc2)c2cc(C)cc(C)c2)cc1. The van der Waals surface area contributed by atoms with Crippen molar-refractivity contribution in [1.82, 2.24) is 9.62 Å². The normalized spacial score (nSPS) is 14.4. The highest BCUT2D eigenvalue weighted by atomic mass is 32.2. The molecule has 220 valence electrons. The van der Waals surface area contributed by atoms with E-state index in [1.807, 2.05) is 26.8 Å². The van der Waals surface area contributed by atoms with Crippen molar-refractivity contribution >= 4 is 31.6 Å². The zero-order valence-electron chi connectivity index (χ0n) is 23.4. The number of carbonyl (C=O) groups is 1. The van der Waals surface area contributed by atoms with E-state index < -0.39 is 32.5 Å². The maximum Gasteiger partial charge on any atom is 0.264 e. The number of morpholine rings is 1. The molecule has 1 aliphatic heterocycles. The summed E-state index contributed by atoms with van der Waals surface area (Å²) in [6.07, 6.45) is 0. The Morgan fingerprint density at radius 2 is 1.44 bits per heavy atom. The van der Waals surface area contributed by atoms with Gasteiger partial charge in [0.05, 0.1) is 35.2 Å². The van der Waals surface area contributed by atoms with Gasteiger partial charge in [-0.3, -0.25) is 9.10 Å². The van der Waals surface area contributed by atoms with Gasteiger partial charge < -0.3 is 14.8 Å². The monoisotopic (exact) mass is 601 g/mol. The molecule has 1 heterocycles. The van der Waals surface area contributed by atoms with Crippen LogP contribution in [-0.2, 0) is 29.6 Å². The van der Waals surface area contributed by atoms with Gasteiger partial charge in [0.25, 0.3) is 10.0 Å². The van der Waals surface area contributed by atoms with E-state index in [2.05, 4.69) is 5.32 Å². The molecule has 0 unspecified atom stereocenters. The van der Waals surface area contributed by atoms with Crippen molar-refractivity contribution in [3.05, 3.63) is 83.4 Å². The van der Waals surface area contributed by atoms with Crippen molar-refractivity contribution in [1.29, 1.82) is 0 Å². The van der Waals surface area contributed by atoms with Gasteiger partial charge >= 0.3 is 0 Å². The molecule has 1 saturated heterocycles. The molecule has 4 rings (SSSR count). The largest absolute Gasteiger partial charge is 0.492 e. The first-order valence-corrected chi connectivity index (χ1v) is 16.1.